The largest absolute Gasteiger partial charge is 0.386 e. The Morgan fingerprint density at radius 3 is 2.51 bits per heavy atom. The normalized spacial score (nSPS) is 34.4. The second-order valence-corrected chi connectivity index (χ2v) is 13.7. The van der Waals surface area contributed by atoms with Gasteiger partial charge in [-0.1, -0.05) is 12.2 Å². The zero-order valence-electron chi connectivity index (χ0n) is 23.0. The van der Waals surface area contributed by atoms with Crippen LogP contribution in [0.4, 0.5) is 11.8 Å². The minimum atomic E-state index is -2.53. The molecule has 2 bridgehead atoms. The minimum Gasteiger partial charge on any atom is -0.386 e. The summed E-state index contributed by atoms with van der Waals surface area (Å²) in [7, 11) is -4.41. The summed E-state index contributed by atoms with van der Waals surface area (Å²) in [4.78, 5) is 46.6. The highest BCUT2D eigenvalue weighted by Gasteiger charge is 2.51. The number of nitrogens with two attached hydrogens (primary N) is 2. The van der Waals surface area contributed by atoms with Crippen LogP contribution in [0.15, 0.2) is 23.8 Å². The van der Waals surface area contributed by atoms with E-state index in [1.807, 2.05) is 0 Å². The van der Waals surface area contributed by atoms with Crippen LogP contribution in [-0.2, 0) is 27.6 Å². The van der Waals surface area contributed by atoms with Crippen molar-refractivity contribution >= 4 is 75.2 Å². The number of hydrogen-bond acceptors (Lipinski definition) is 18. The van der Waals surface area contributed by atoms with Gasteiger partial charge in [-0.25, -0.2) is 19.9 Å². The third-order valence-electron chi connectivity index (χ3n) is 7.77. The Kier molecular flexibility index (Phi) is 8.87. The van der Waals surface area contributed by atoms with Crippen LogP contribution in [0.5, 0.6) is 0 Å². The van der Waals surface area contributed by atoms with E-state index in [1.165, 1.54) is 23.5 Å². The Morgan fingerprint density at radius 1 is 0.978 bits per heavy atom. The summed E-state index contributed by atoms with van der Waals surface area (Å²) in [5, 5.41) is 11.3. The average Bonchev–Trinajstić information content (AvgIpc) is 3.77. The van der Waals surface area contributed by atoms with Crippen molar-refractivity contribution in [1.29, 1.82) is 0 Å². The Labute approximate surface area is 266 Å². The lowest BCUT2D eigenvalue weighted by atomic mass is 9.95. The molecular formula is C22H28N10O9P2S2. The quantitative estimate of drug-likeness (QED) is 0.112. The van der Waals surface area contributed by atoms with Crippen molar-refractivity contribution in [2.24, 2.45) is 5.92 Å². The summed E-state index contributed by atoms with van der Waals surface area (Å²) < 4.78 is 39.6. The number of imidazole rings is 2. The number of nitrogens with zero attached hydrogens (tertiary/aromatic N) is 7. The molecule has 4 aromatic heterocycles. The third-order valence-corrected chi connectivity index (χ3v) is 10.2. The average molecular weight is 703 g/mol. The predicted octanol–water partition coefficient (Wildman–Crippen LogP) is 0.409. The highest BCUT2D eigenvalue weighted by Crippen LogP contribution is 2.53. The topological polar surface area (TPSA) is 255 Å². The fourth-order valence-corrected chi connectivity index (χ4v) is 8.17. The molecule has 0 amide bonds. The summed E-state index contributed by atoms with van der Waals surface area (Å²) in [6.45, 7) is -0.244. The van der Waals surface area contributed by atoms with Gasteiger partial charge in [-0.3, -0.25) is 18.9 Å². The van der Waals surface area contributed by atoms with Gasteiger partial charge >= 0.3 is 8.60 Å². The fourth-order valence-electron chi connectivity index (χ4n) is 5.74. The number of fused-ring (bicyclic) bond motifs is 5. The Morgan fingerprint density at radius 2 is 1.71 bits per heavy atom. The van der Waals surface area contributed by atoms with Gasteiger partial charge in [0, 0.05) is 5.92 Å². The van der Waals surface area contributed by atoms with E-state index in [2.05, 4.69) is 54.8 Å². The summed E-state index contributed by atoms with van der Waals surface area (Å²) in [5.41, 5.74) is 12.2. The first-order chi connectivity index (χ1) is 21.7. The molecule has 19 nitrogen and oxygen atoms in total. The Balaban J connectivity index is 1.17. The van der Waals surface area contributed by atoms with Crippen molar-refractivity contribution < 1.29 is 37.6 Å². The molecule has 0 aromatic carbocycles. The van der Waals surface area contributed by atoms with Gasteiger partial charge in [-0.15, -0.1) is 0 Å². The molecule has 10 atom stereocenters. The standard InChI is InChI=1S/C22H28N10O9P2S2/c23-16-11-17(26-5-25-16)31(6-27-11)20-13(33)15-10(39-20)4-37-43(45)41-14-8(1-2-44)9(3-36-42(35)40-15)38-21(14)32-7-28-12-18(32)29-22(24)30-19(12)34/h5-10,13-15,20-21,33,35,44-45H,1-4H2,(H2,23,25,26)(H3,24,29,30,34). The van der Waals surface area contributed by atoms with Crippen molar-refractivity contribution in [3.8, 4) is 0 Å². The number of ether oxygens (including phenoxy) is 2. The molecule has 0 saturated carbocycles. The number of aliphatic hydroxyl groups is 1. The summed E-state index contributed by atoms with van der Waals surface area (Å²) >= 11 is 9.02. The molecule has 7 rings (SSSR count). The van der Waals surface area contributed by atoms with Gasteiger partial charge < -0.3 is 49.0 Å². The number of nitrogen functional groups attached to an aromatic ring is 2. The molecule has 3 aliphatic heterocycles. The SMILES string of the molecule is Nc1nc2c(ncn2C2OC3COP(O)OC4C(COP(S)OC2C3CCS)OC(n2cnc3c(N)ncnc32)C4O)c(=O)[nH]1. The summed E-state index contributed by atoms with van der Waals surface area (Å²) in [6.07, 6.45) is -1.81. The van der Waals surface area contributed by atoms with Crippen LogP contribution in [0.1, 0.15) is 18.9 Å². The van der Waals surface area contributed by atoms with Crippen molar-refractivity contribution in [2.75, 3.05) is 30.4 Å². The number of hydrogen-bond donors (Lipinski definition) is 7. The molecular weight excluding hydrogens is 674 g/mol. The molecule has 7 N–H and O–H groups in total. The van der Waals surface area contributed by atoms with E-state index in [4.69, 9.17) is 39.0 Å². The van der Waals surface area contributed by atoms with E-state index in [9.17, 15) is 14.8 Å². The lowest BCUT2D eigenvalue weighted by molar-refractivity contribution is -0.0555. The molecule has 45 heavy (non-hydrogen) atoms. The van der Waals surface area contributed by atoms with Crippen molar-refractivity contribution in [2.45, 2.75) is 49.4 Å². The maximum Gasteiger partial charge on any atom is 0.330 e. The van der Waals surface area contributed by atoms with Gasteiger partial charge in [0.2, 0.25) is 13.5 Å². The molecule has 7 heterocycles. The maximum absolute atomic E-state index is 12.4. The van der Waals surface area contributed by atoms with Crippen LogP contribution >= 0.6 is 41.1 Å². The van der Waals surface area contributed by atoms with Crippen LogP contribution in [-0.4, -0.2) is 98.5 Å². The Hall–Kier alpha value is -2.26. The minimum absolute atomic E-state index is 0.0698. The van der Waals surface area contributed by atoms with Gasteiger partial charge in [0.15, 0.2) is 35.1 Å². The van der Waals surface area contributed by atoms with E-state index in [-0.39, 0.29) is 42.1 Å². The predicted molar refractivity (Wildman–Crippen MR) is 165 cm³/mol. The van der Waals surface area contributed by atoms with Crippen LogP contribution < -0.4 is 17.0 Å². The van der Waals surface area contributed by atoms with Crippen LogP contribution in [0.3, 0.4) is 0 Å². The van der Waals surface area contributed by atoms with Crippen LogP contribution in [0.2, 0.25) is 0 Å². The zero-order valence-corrected chi connectivity index (χ0v) is 26.6. The number of anilines is 2. The van der Waals surface area contributed by atoms with Gasteiger partial charge in [0.05, 0.1) is 32.0 Å². The molecule has 242 valence electrons. The number of H-pyrrole nitrogens is 1. The monoisotopic (exact) mass is 702 g/mol. The number of aliphatic hydroxyl groups excluding tert-OH is 1. The lowest BCUT2D eigenvalue weighted by Gasteiger charge is -2.27. The molecule has 10 unspecified atom stereocenters. The number of aromatic amines is 1. The second-order valence-electron chi connectivity index (χ2n) is 10.4. The van der Waals surface area contributed by atoms with Crippen molar-refractivity contribution in [3.05, 3.63) is 29.3 Å². The van der Waals surface area contributed by atoms with Crippen molar-refractivity contribution in [1.82, 2.24) is 39.0 Å². The molecule has 0 aliphatic carbocycles. The molecule has 3 saturated heterocycles. The van der Waals surface area contributed by atoms with Crippen LogP contribution in [0, 0.1) is 5.92 Å². The number of thiol groups is 2. The maximum atomic E-state index is 12.4. The molecule has 0 spiro atoms. The molecule has 3 aliphatic rings. The molecule has 4 aromatic rings. The number of aromatic nitrogens is 8. The molecule has 23 heteroatoms. The van der Waals surface area contributed by atoms with Crippen LogP contribution in [0.25, 0.3) is 22.3 Å². The smallest absolute Gasteiger partial charge is 0.330 e. The van der Waals surface area contributed by atoms with Crippen molar-refractivity contribution in [3.63, 3.8) is 0 Å². The van der Waals surface area contributed by atoms with E-state index < -0.39 is 64.7 Å². The zero-order chi connectivity index (χ0) is 31.4. The first-order valence-electron chi connectivity index (χ1n) is 13.6. The number of nitrogens with one attached hydrogen (secondary N) is 1. The highest BCUT2D eigenvalue weighted by atomic mass is 32.7. The second kappa shape index (κ2) is 12.7. The first-order valence-corrected chi connectivity index (χ1v) is 17.7. The van der Waals surface area contributed by atoms with Gasteiger partial charge in [0.1, 0.15) is 36.3 Å². The lowest BCUT2D eigenvalue weighted by Crippen LogP contribution is -2.35. The first kappa shape index (κ1) is 31.3. The van der Waals surface area contributed by atoms with Gasteiger partial charge in [0.25, 0.3) is 5.56 Å². The van der Waals surface area contributed by atoms with E-state index >= 15 is 0 Å². The van der Waals surface area contributed by atoms with E-state index in [0.717, 1.165) is 0 Å². The number of rotatable bonds is 4. The van der Waals surface area contributed by atoms with Gasteiger partial charge in [-0.05, 0) is 12.2 Å². The fraction of sp³-hybridized carbons (Fsp3) is 0.545. The van der Waals surface area contributed by atoms with E-state index in [1.54, 1.807) is 4.57 Å². The third kappa shape index (κ3) is 5.79. The van der Waals surface area contributed by atoms with E-state index in [0.29, 0.717) is 23.3 Å². The highest BCUT2D eigenvalue weighted by molar-refractivity contribution is 8.41. The van der Waals surface area contributed by atoms with Gasteiger partial charge in [-0.2, -0.15) is 17.6 Å². The summed E-state index contributed by atoms with van der Waals surface area (Å²) in [6, 6.07) is 0. The molecule has 0 radical (unpaired) electrons. The Bertz CT molecular complexity index is 1750. The summed E-state index contributed by atoms with van der Waals surface area (Å²) in [5.74, 6) is 0.240. The molecule has 3 fully saturated rings.